The summed E-state index contributed by atoms with van der Waals surface area (Å²) >= 11 is 0. The quantitative estimate of drug-likeness (QED) is 0.807. The molecule has 1 N–H and O–H groups in total. The maximum atomic E-state index is 11.0. The molecule has 1 aromatic carbocycles. The van der Waals surface area contributed by atoms with Gasteiger partial charge in [0.1, 0.15) is 12.7 Å². The zero-order valence-corrected chi connectivity index (χ0v) is 10.6. The van der Waals surface area contributed by atoms with Crippen molar-refractivity contribution in [3.63, 3.8) is 0 Å². The van der Waals surface area contributed by atoms with Crippen molar-refractivity contribution in [2.24, 2.45) is 0 Å². The van der Waals surface area contributed by atoms with Gasteiger partial charge >= 0.3 is 0 Å². The lowest BCUT2D eigenvalue weighted by Gasteiger charge is -2.26. The molecule has 1 unspecified atom stereocenters. The molecular weight excluding hydrogens is 214 g/mol. The van der Waals surface area contributed by atoms with E-state index in [9.17, 15) is 4.79 Å². The van der Waals surface area contributed by atoms with Gasteiger partial charge in [0.15, 0.2) is 0 Å². The molecule has 92 valence electrons. The van der Waals surface area contributed by atoms with Crippen molar-refractivity contribution in [3.8, 4) is 0 Å². The van der Waals surface area contributed by atoms with Gasteiger partial charge in [-0.25, -0.2) is 0 Å². The Morgan fingerprint density at radius 2 is 2.12 bits per heavy atom. The number of morpholine rings is 1. The Labute approximate surface area is 102 Å². The summed E-state index contributed by atoms with van der Waals surface area (Å²) in [5.74, 6) is -0.0341. The Hall–Kier alpha value is -1.35. The first kappa shape index (κ1) is 12.1. The highest BCUT2D eigenvalue weighted by Crippen LogP contribution is 2.26. The van der Waals surface area contributed by atoms with E-state index < -0.39 is 0 Å². The summed E-state index contributed by atoms with van der Waals surface area (Å²) in [4.78, 5) is 11.0. The van der Waals surface area contributed by atoms with Crippen molar-refractivity contribution in [2.45, 2.75) is 32.3 Å². The number of nitrogens with one attached hydrogen (secondary N) is 1. The van der Waals surface area contributed by atoms with Crippen LogP contribution in [0.5, 0.6) is 0 Å². The van der Waals surface area contributed by atoms with E-state index in [1.165, 1.54) is 5.56 Å². The molecule has 1 saturated heterocycles. The zero-order valence-electron chi connectivity index (χ0n) is 10.6. The van der Waals surface area contributed by atoms with Gasteiger partial charge in [-0.3, -0.25) is 4.79 Å². The van der Waals surface area contributed by atoms with Crippen LogP contribution >= 0.6 is 0 Å². The zero-order chi connectivity index (χ0) is 12.5. The third-order valence-corrected chi connectivity index (χ3v) is 3.02. The minimum Gasteiger partial charge on any atom is -0.362 e. The van der Waals surface area contributed by atoms with E-state index in [1.54, 1.807) is 0 Å². The number of rotatable bonds is 1. The molecule has 0 aromatic heterocycles. The van der Waals surface area contributed by atoms with Gasteiger partial charge < -0.3 is 10.1 Å². The van der Waals surface area contributed by atoms with Gasteiger partial charge in [0, 0.05) is 6.54 Å². The fourth-order valence-corrected chi connectivity index (χ4v) is 1.91. The van der Waals surface area contributed by atoms with Crippen LogP contribution in [-0.4, -0.2) is 19.1 Å². The molecule has 17 heavy (non-hydrogen) atoms. The topological polar surface area (TPSA) is 38.3 Å². The van der Waals surface area contributed by atoms with Crippen molar-refractivity contribution in [1.82, 2.24) is 5.32 Å². The average molecular weight is 233 g/mol. The van der Waals surface area contributed by atoms with Crippen molar-refractivity contribution >= 4 is 5.91 Å². The molecule has 0 bridgehead atoms. The lowest BCUT2D eigenvalue weighted by Crippen LogP contribution is -2.38. The minimum atomic E-state index is -0.0341. The Kier molecular flexibility index (Phi) is 3.20. The van der Waals surface area contributed by atoms with Crippen LogP contribution in [0.1, 0.15) is 38.0 Å². The summed E-state index contributed by atoms with van der Waals surface area (Å²) in [6.45, 7) is 7.29. The SMILES string of the molecule is CC(C)(C)c1cccc(C2CNC(=O)CO2)c1. The standard InChI is InChI=1S/C14H19NO2/c1-14(2,3)11-6-4-5-10(7-11)12-8-15-13(16)9-17-12/h4-7,12H,8-9H2,1-3H3,(H,15,16). The second kappa shape index (κ2) is 4.49. The second-order valence-corrected chi connectivity index (χ2v) is 5.48. The number of carbonyl (C=O) groups excluding carboxylic acids is 1. The van der Waals surface area contributed by atoms with Crippen LogP contribution in [0, 0.1) is 0 Å². The molecule has 1 fully saturated rings. The largest absolute Gasteiger partial charge is 0.362 e. The maximum absolute atomic E-state index is 11.0. The Morgan fingerprint density at radius 3 is 2.71 bits per heavy atom. The smallest absolute Gasteiger partial charge is 0.246 e. The van der Waals surface area contributed by atoms with Crippen LogP contribution in [0.3, 0.4) is 0 Å². The van der Waals surface area contributed by atoms with Gasteiger partial charge in [0.25, 0.3) is 0 Å². The van der Waals surface area contributed by atoms with E-state index in [4.69, 9.17) is 4.74 Å². The predicted molar refractivity (Wildman–Crippen MR) is 66.8 cm³/mol. The molecule has 0 saturated carbocycles. The highest BCUT2D eigenvalue weighted by Gasteiger charge is 2.21. The van der Waals surface area contributed by atoms with Gasteiger partial charge in [-0.15, -0.1) is 0 Å². The van der Waals surface area contributed by atoms with Gasteiger partial charge in [-0.1, -0.05) is 45.0 Å². The van der Waals surface area contributed by atoms with Gasteiger partial charge in [-0.05, 0) is 16.5 Å². The molecule has 1 aliphatic rings. The van der Waals surface area contributed by atoms with E-state index in [-0.39, 0.29) is 24.0 Å². The highest BCUT2D eigenvalue weighted by atomic mass is 16.5. The van der Waals surface area contributed by atoms with Gasteiger partial charge in [0.05, 0.1) is 0 Å². The Balaban J connectivity index is 2.19. The number of benzene rings is 1. The number of ether oxygens (including phenoxy) is 1. The second-order valence-electron chi connectivity index (χ2n) is 5.48. The molecule has 1 atom stereocenters. The lowest BCUT2D eigenvalue weighted by atomic mass is 9.85. The Bertz CT molecular complexity index is 410. The van der Waals surface area contributed by atoms with E-state index >= 15 is 0 Å². The van der Waals surface area contributed by atoms with Gasteiger partial charge in [-0.2, -0.15) is 0 Å². The monoisotopic (exact) mass is 233 g/mol. The van der Waals surface area contributed by atoms with E-state index in [0.29, 0.717) is 6.54 Å². The molecule has 0 radical (unpaired) electrons. The fourth-order valence-electron chi connectivity index (χ4n) is 1.91. The molecule has 1 aliphatic heterocycles. The molecule has 0 aliphatic carbocycles. The summed E-state index contributed by atoms with van der Waals surface area (Å²) < 4.78 is 5.53. The first-order valence-corrected chi connectivity index (χ1v) is 5.95. The first-order chi connectivity index (χ1) is 7.97. The van der Waals surface area contributed by atoms with Crippen LogP contribution in [0.4, 0.5) is 0 Å². The van der Waals surface area contributed by atoms with Crippen LogP contribution in [0.25, 0.3) is 0 Å². The molecule has 1 heterocycles. The van der Waals surface area contributed by atoms with Crippen LogP contribution in [0.15, 0.2) is 24.3 Å². The van der Waals surface area contributed by atoms with Gasteiger partial charge in [0.2, 0.25) is 5.91 Å². The molecule has 1 amide bonds. The number of carbonyl (C=O) groups is 1. The molecule has 1 aromatic rings. The number of hydrogen-bond acceptors (Lipinski definition) is 2. The van der Waals surface area contributed by atoms with Crippen molar-refractivity contribution < 1.29 is 9.53 Å². The van der Waals surface area contributed by atoms with E-state index in [0.717, 1.165) is 5.56 Å². The third kappa shape index (κ3) is 2.86. The normalized spacial score (nSPS) is 21.1. The third-order valence-electron chi connectivity index (χ3n) is 3.02. The molecule has 3 nitrogen and oxygen atoms in total. The number of amides is 1. The summed E-state index contributed by atoms with van der Waals surface area (Å²) in [6, 6.07) is 8.40. The van der Waals surface area contributed by atoms with Crippen LogP contribution in [0.2, 0.25) is 0 Å². The molecule has 3 heteroatoms. The van der Waals surface area contributed by atoms with Crippen LogP contribution < -0.4 is 5.32 Å². The van der Waals surface area contributed by atoms with Crippen molar-refractivity contribution in [1.29, 1.82) is 0 Å². The van der Waals surface area contributed by atoms with E-state index in [1.807, 2.05) is 0 Å². The Morgan fingerprint density at radius 1 is 1.35 bits per heavy atom. The average Bonchev–Trinajstić information content (AvgIpc) is 2.29. The van der Waals surface area contributed by atoms with Crippen molar-refractivity contribution in [3.05, 3.63) is 35.4 Å². The van der Waals surface area contributed by atoms with E-state index in [2.05, 4.69) is 50.4 Å². The van der Waals surface area contributed by atoms with Crippen molar-refractivity contribution in [2.75, 3.05) is 13.2 Å². The lowest BCUT2D eigenvalue weighted by molar-refractivity contribution is -0.133. The fraction of sp³-hybridized carbons (Fsp3) is 0.500. The molecule has 0 spiro atoms. The predicted octanol–water partition coefficient (Wildman–Crippen LogP) is 2.17. The molecular formula is C14H19NO2. The first-order valence-electron chi connectivity index (χ1n) is 5.95. The summed E-state index contributed by atoms with van der Waals surface area (Å²) in [5, 5.41) is 2.82. The van der Waals surface area contributed by atoms with Crippen LogP contribution in [-0.2, 0) is 14.9 Å². The number of hydrogen-bond donors (Lipinski definition) is 1. The summed E-state index contributed by atoms with van der Waals surface area (Å²) in [6.07, 6.45) is -0.0185. The minimum absolute atomic E-state index is 0.0185. The maximum Gasteiger partial charge on any atom is 0.246 e. The highest BCUT2D eigenvalue weighted by molar-refractivity contribution is 5.77. The summed E-state index contributed by atoms with van der Waals surface area (Å²) in [5.41, 5.74) is 2.56. The molecule has 2 rings (SSSR count). The summed E-state index contributed by atoms with van der Waals surface area (Å²) in [7, 11) is 0.